The van der Waals surface area contributed by atoms with Gasteiger partial charge in [-0.05, 0) is 34.1 Å². The Labute approximate surface area is 124 Å². The Bertz CT molecular complexity index is 568. The predicted molar refractivity (Wildman–Crippen MR) is 79.4 cm³/mol. The largest absolute Gasteiger partial charge is 0.496 e. The van der Waals surface area contributed by atoms with Crippen molar-refractivity contribution in [2.24, 2.45) is 0 Å². The van der Waals surface area contributed by atoms with Gasteiger partial charge in [0.25, 0.3) is 0 Å². The molecule has 0 spiro atoms. The SMILES string of the molecule is COc1ccccc1CNc1c(Cl)cc(F)cc1Br. The Morgan fingerprint density at radius 1 is 1.32 bits per heavy atom. The van der Waals surface area contributed by atoms with Gasteiger partial charge >= 0.3 is 0 Å². The molecular weight excluding hydrogens is 333 g/mol. The van der Waals surface area contributed by atoms with Crippen molar-refractivity contribution >= 4 is 33.2 Å². The van der Waals surface area contributed by atoms with Crippen molar-refractivity contribution in [1.82, 2.24) is 0 Å². The van der Waals surface area contributed by atoms with Gasteiger partial charge in [0.05, 0.1) is 17.8 Å². The first-order chi connectivity index (χ1) is 9.11. The number of anilines is 1. The van der Waals surface area contributed by atoms with Crippen molar-refractivity contribution in [3.05, 3.63) is 57.3 Å². The summed E-state index contributed by atoms with van der Waals surface area (Å²) in [5, 5.41) is 3.51. The summed E-state index contributed by atoms with van der Waals surface area (Å²) in [6.07, 6.45) is 0. The summed E-state index contributed by atoms with van der Waals surface area (Å²) in [5.41, 5.74) is 1.66. The van der Waals surface area contributed by atoms with Crippen molar-refractivity contribution in [3.63, 3.8) is 0 Å². The predicted octanol–water partition coefficient (Wildman–Crippen LogP) is 4.86. The Morgan fingerprint density at radius 3 is 2.74 bits per heavy atom. The zero-order chi connectivity index (χ0) is 13.8. The molecule has 0 heterocycles. The van der Waals surface area contributed by atoms with Crippen LogP contribution >= 0.6 is 27.5 Å². The van der Waals surface area contributed by atoms with Gasteiger partial charge in [-0.2, -0.15) is 0 Å². The summed E-state index contributed by atoms with van der Waals surface area (Å²) in [4.78, 5) is 0. The number of halogens is 3. The van der Waals surface area contributed by atoms with E-state index in [1.165, 1.54) is 12.1 Å². The molecule has 0 radical (unpaired) electrons. The molecule has 1 N–H and O–H groups in total. The maximum Gasteiger partial charge on any atom is 0.125 e. The average molecular weight is 345 g/mol. The molecule has 5 heteroatoms. The number of hydrogen-bond donors (Lipinski definition) is 1. The summed E-state index contributed by atoms with van der Waals surface area (Å²) in [5.74, 6) is 0.420. The molecule has 2 aromatic rings. The minimum atomic E-state index is -0.375. The normalized spacial score (nSPS) is 10.3. The molecule has 0 aliphatic heterocycles. The Hall–Kier alpha value is -1.26. The van der Waals surface area contributed by atoms with E-state index in [9.17, 15) is 4.39 Å². The lowest BCUT2D eigenvalue weighted by Gasteiger charge is -2.13. The van der Waals surface area contributed by atoms with Gasteiger partial charge in [-0.3, -0.25) is 0 Å². The molecule has 0 bridgehead atoms. The number of methoxy groups -OCH3 is 1. The van der Waals surface area contributed by atoms with Crippen molar-refractivity contribution in [3.8, 4) is 5.75 Å². The van der Waals surface area contributed by atoms with Gasteiger partial charge in [0, 0.05) is 16.6 Å². The Kier molecular flexibility index (Phi) is 4.66. The highest BCUT2D eigenvalue weighted by Crippen LogP contribution is 2.32. The average Bonchev–Trinajstić information content (AvgIpc) is 2.38. The highest BCUT2D eigenvalue weighted by molar-refractivity contribution is 9.10. The highest BCUT2D eigenvalue weighted by Gasteiger charge is 2.09. The molecular formula is C14H12BrClFNO. The van der Waals surface area contributed by atoms with Gasteiger partial charge in [0.2, 0.25) is 0 Å². The second-order valence-corrected chi connectivity index (χ2v) is 5.17. The van der Waals surface area contributed by atoms with Crippen LogP contribution in [0.15, 0.2) is 40.9 Å². The maximum absolute atomic E-state index is 13.1. The van der Waals surface area contributed by atoms with Crippen LogP contribution in [0.25, 0.3) is 0 Å². The second-order valence-electron chi connectivity index (χ2n) is 3.91. The standard InChI is InChI=1S/C14H12BrClFNO/c1-19-13-5-3-2-4-9(13)8-18-14-11(15)6-10(17)7-12(14)16/h2-7,18H,8H2,1H3. The van der Waals surface area contributed by atoms with Crippen LogP contribution in [0, 0.1) is 5.82 Å². The molecule has 19 heavy (non-hydrogen) atoms. The van der Waals surface area contributed by atoms with E-state index in [4.69, 9.17) is 16.3 Å². The zero-order valence-corrected chi connectivity index (χ0v) is 12.6. The summed E-state index contributed by atoms with van der Waals surface area (Å²) < 4.78 is 19.0. The van der Waals surface area contributed by atoms with Gasteiger partial charge in [-0.25, -0.2) is 4.39 Å². The third-order valence-corrected chi connectivity index (χ3v) is 3.58. The number of nitrogens with one attached hydrogen (secondary N) is 1. The van der Waals surface area contributed by atoms with E-state index in [1.807, 2.05) is 24.3 Å². The molecule has 0 amide bonds. The second kappa shape index (κ2) is 6.26. The van der Waals surface area contributed by atoms with E-state index in [1.54, 1.807) is 7.11 Å². The molecule has 0 aliphatic rings. The first-order valence-corrected chi connectivity index (χ1v) is 6.79. The fraction of sp³-hybridized carbons (Fsp3) is 0.143. The van der Waals surface area contributed by atoms with Gasteiger partial charge in [-0.1, -0.05) is 29.8 Å². The van der Waals surface area contributed by atoms with E-state index in [-0.39, 0.29) is 5.82 Å². The van der Waals surface area contributed by atoms with Crippen LogP contribution in [0.1, 0.15) is 5.56 Å². The van der Waals surface area contributed by atoms with E-state index < -0.39 is 0 Å². The molecule has 0 fully saturated rings. The zero-order valence-electron chi connectivity index (χ0n) is 10.2. The first-order valence-electron chi connectivity index (χ1n) is 5.62. The monoisotopic (exact) mass is 343 g/mol. The molecule has 0 saturated heterocycles. The molecule has 0 saturated carbocycles. The lowest BCUT2D eigenvalue weighted by molar-refractivity contribution is 0.410. The molecule has 0 aliphatic carbocycles. The Morgan fingerprint density at radius 2 is 2.05 bits per heavy atom. The molecule has 0 atom stereocenters. The van der Waals surface area contributed by atoms with Crippen LogP contribution in [0.4, 0.5) is 10.1 Å². The van der Waals surface area contributed by atoms with Gasteiger partial charge in [0.15, 0.2) is 0 Å². The molecule has 100 valence electrons. The van der Waals surface area contributed by atoms with Crippen molar-refractivity contribution in [1.29, 1.82) is 0 Å². The van der Waals surface area contributed by atoms with Crippen molar-refractivity contribution in [2.75, 3.05) is 12.4 Å². The molecule has 2 aromatic carbocycles. The van der Waals surface area contributed by atoms with E-state index in [2.05, 4.69) is 21.2 Å². The summed E-state index contributed by atoms with van der Waals surface area (Å²) in [6, 6.07) is 10.3. The van der Waals surface area contributed by atoms with Crippen molar-refractivity contribution < 1.29 is 9.13 Å². The quantitative estimate of drug-likeness (QED) is 0.855. The number of benzene rings is 2. The third-order valence-electron chi connectivity index (χ3n) is 2.66. The molecule has 2 rings (SSSR count). The fourth-order valence-corrected chi connectivity index (χ4v) is 2.70. The van der Waals surface area contributed by atoms with Gasteiger partial charge in [-0.15, -0.1) is 0 Å². The molecule has 0 unspecified atom stereocenters. The van der Waals surface area contributed by atoms with E-state index in [0.717, 1.165) is 11.3 Å². The van der Waals surface area contributed by atoms with Crippen LogP contribution in [0.3, 0.4) is 0 Å². The van der Waals surface area contributed by atoms with Gasteiger partial charge in [0.1, 0.15) is 11.6 Å². The van der Waals surface area contributed by atoms with Crippen LogP contribution < -0.4 is 10.1 Å². The summed E-state index contributed by atoms with van der Waals surface area (Å²) in [6.45, 7) is 0.536. The van der Waals surface area contributed by atoms with Crippen molar-refractivity contribution in [2.45, 2.75) is 6.54 Å². The summed E-state index contributed by atoms with van der Waals surface area (Å²) in [7, 11) is 1.62. The van der Waals surface area contributed by atoms with Crippen LogP contribution in [0.2, 0.25) is 5.02 Å². The van der Waals surface area contributed by atoms with Crippen LogP contribution in [0.5, 0.6) is 5.75 Å². The van der Waals surface area contributed by atoms with E-state index >= 15 is 0 Å². The van der Waals surface area contributed by atoms with E-state index in [0.29, 0.717) is 21.7 Å². The summed E-state index contributed by atoms with van der Waals surface area (Å²) >= 11 is 9.30. The number of rotatable bonds is 4. The molecule has 0 aromatic heterocycles. The number of hydrogen-bond acceptors (Lipinski definition) is 2. The number of ether oxygens (including phenoxy) is 1. The third kappa shape index (κ3) is 3.39. The maximum atomic E-state index is 13.1. The molecule has 2 nitrogen and oxygen atoms in total. The highest BCUT2D eigenvalue weighted by atomic mass is 79.9. The fourth-order valence-electron chi connectivity index (χ4n) is 1.74. The lowest BCUT2D eigenvalue weighted by atomic mass is 10.2. The minimum absolute atomic E-state index is 0.335. The van der Waals surface area contributed by atoms with Crippen LogP contribution in [-0.4, -0.2) is 7.11 Å². The van der Waals surface area contributed by atoms with Gasteiger partial charge < -0.3 is 10.1 Å². The lowest BCUT2D eigenvalue weighted by Crippen LogP contribution is -2.03. The number of para-hydroxylation sites is 1. The van der Waals surface area contributed by atoms with Crippen LogP contribution in [-0.2, 0) is 6.54 Å². The topological polar surface area (TPSA) is 21.3 Å². The smallest absolute Gasteiger partial charge is 0.125 e. The first kappa shape index (κ1) is 14.2. The minimum Gasteiger partial charge on any atom is -0.496 e. The Balaban J connectivity index is 2.19.